The van der Waals surface area contributed by atoms with Gasteiger partial charge in [-0.15, -0.1) is 10.2 Å². The lowest BCUT2D eigenvalue weighted by atomic mass is 10.2. The summed E-state index contributed by atoms with van der Waals surface area (Å²) in [4.78, 5) is 16.0. The van der Waals surface area contributed by atoms with Gasteiger partial charge >= 0.3 is 0 Å². The molecule has 0 aliphatic carbocycles. The molecule has 0 radical (unpaired) electrons. The highest BCUT2D eigenvalue weighted by Crippen LogP contribution is 2.20. The highest BCUT2D eigenvalue weighted by Gasteiger charge is 2.35. The van der Waals surface area contributed by atoms with Gasteiger partial charge in [0.15, 0.2) is 10.8 Å². The van der Waals surface area contributed by atoms with Crippen molar-refractivity contribution < 1.29 is 9.90 Å². The molecule has 0 saturated carbocycles. The Kier molecular flexibility index (Phi) is 4.34. The molecule has 2 unspecified atom stereocenters. The molecule has 104 valence electrons. The van der Waals surface area contributed by atoms with Crippen molar-refractivity contribution in [1.29, 1.82) is 0 Å². The average molecular weight is 285 g/mol. The van der Waals surface area contributed by atoms with Crippen LogP contribution in [0.2, 0.25) is 5.15 Å². The van der Waals surface area contributed by atoms with E-state index in [9.17, 15) is 9.90 Å². The molecule has 2 heterocycles. The normalized spacial score (nSPS) is 23.1. The minimum absolute atomic E-state index is 0.00465. The molecule has 19 heavy (non-hydrogen) atoms. The minimum atomic E-state index is -0.478. The first-order valence-electron chi connectivity index (χ1n) is 6.10. The third-order valence-electron chi connectivity index (χ3n) is 3.08. The molecule has 1 aromatic rings. The number of β-amino-alcohol motifs (C(OH)–C–C–N with tert-alkyl or cyclic N) is 1. The molecule has 1 N–H and O–H groups in total. The number of halogens is 1. The topological polar surface area (TPSA) is 69.6 Å². The highest BCUT2D eigenvalue weighted by molar-refractivity contribution is 6.29. The van der Waals surface area contributed by atoms with Crippen LogP contribution in [0.3, 0.4) is 0 Å². The largest absolute Gasteiger partial charge is 0.391 e. The van der Waals surface area contributed by atoms with Crippen molar-refractivity contribution in [3.05, 3.63) is 23.0 Å². The van der Waals surface area contributed by atoms with Gasteiger partial charge in [0.25, 0.3) is 5.91 Å². The average Bonchev–Trinajstić information content (AvgIpc) is 2.69. The monoisotopic (exact) mass is 284 g/mol. The fourth-order valence-corrected chi connectivity index (χ4v) is 2.41. The van der Waals surface area contributed by atoms with Crippen molar-refractivity contribution >= 4 is 17.5 Å². The van der Waals surface area contributed by atoms with Gasteiger partial charge in [-0.05, 0) is 32.6 Å². The number of rotatable bonds is 3. The number of hydrogen-bond donors (Lipinski definition) is 1. The first-order valence-corrected chi connectivity index (χ1v) is 6.48. The van der Waals surface area contributed by atoms with Crippen molar-refractivity contribution in [3.63, 3.8) is 0 Å². The van der Waals surface area contributed by atoms with Gasteiger partial charge in [-0.1, -0.05) is 11.6 Å². The maximum Gasteiger partial charge on any atom is 0.274 e. The van der Waals surface area contributed by atoms with Gasteiger partial charge in [0.1, 0.15) is 0 Å². The van der Waals surface area contributed by atoms with E-state index in [1.54, 1.807) is 11.0 Å². The van der Waals surface area contributed by atoms with E-state index in [1.807, 2.05) is 19.0 Å². The summed E-state index contributed by atoms with van der Waals surface area (Å²) < 4.78 is 0. The highest BCUT2D eigenvalue weighted by atomic mass is 35.5. The summed E-state index contributed by atoms with van der Waals surface area (Å²) in [5.74, 6) is -0.215. The Labute approximate surface area is 117 Å². The van der Waals surface area contributed by atoms with E-state index in [2.05, 4.69) is 10.2 Å². The SMILES string of the molecule is CN(C)CC1CC(O)CN1C(=O)c1ccc(Cl)nn1. The van der Waals surface area contributed by atoms with E-state index in [1.165, 1.54) is 6.07 Å². The van der Waals surface area contributed by atoms with Gasteiger partial charge in [-0.2, -0.15) is 0 Å². The Hall–Kier alpha value is -1.24. The fourth-order valence-electron chi connectivity index (χ4n) is 2.31. The van der Waals surface area contributed by atoms with Gasteiger partial charge in [0, 0.05) is 19.1 Å². The van der Waals surface area contributed by atoms with Crippen LogP contribution >= 0.6 is 11.6 Å². The van der Waals surface area contributed by atoms with Crippen LogP contribution < -0.4 is 0 Å². The lowest BCUT2D eigenvalue weighted by Gasteiger charge is -2.26. The Morgan fingerprint density at radius 3 is 2.84 bits per heavy atom. The number of carbonyl (C=O) groups excluding carboxylic acids is 1. The number of likely N-dealkylation sites (tertiary alicyclic amines) is 1. The van der Waals surface area contributed by atoms with Crippen LogP contribution in [0, 0.1) is 0 Å². The second-order valence-corrected chi connectivity index (χ2v) is 5.39. The lowest BCUT2D eigenvalue weighted by molar-refractivity contribution is 0.0692. The predicted molar refractivity (Wildman–Crippen MR) is 71.0 cm³/mol. The van der Waals surface area contributed by atoms with Crippen molar-refractivity contribution in [2.45, 2.75) is 18.6 Å². The minimum Gasteiger partial charge on any atom is -0.391 e. The van der Waals surface area contributed by atoms with Gasteiger partial charge in [0.05, 0.1) is 6.10 Å². The molecule has 1 aliphatic heterocycles. The van der Waals surface area contributed by atoms with E-state index in [-0.39, 0.29) is 22.8 Å². The summed E-state index contributed by atoms with van der Waals surface area (Å²) in [5.41, 5.74) is 0.252. The Balaban J connectivity index is 2.14. The van der Waals surface area contributed by atoms with Crippen molar-refractivity contribution in [2.75, 3.05) is 27.2 Å². The number of amides is 1. The lowest BCUT2D eigenvalue weighted by Crippen LogP contribution is -2.41. The number of likely N-dealkylation sites (N-methyl/N-ethyl adjacent to an activating group) is 1. The van der Waals surface area contributed by atoms with Crippen LogP contribution in [0.15, 0.2) is 12.1 Å². The number of aliphatic hydroxyl groups is 1. The molecule has 1 aliphatic rings. The van der Waals surface area contributed by atoms with Crippen LogP contribution in [-0.4, -0.2) is 70.3 Å². The second kappa shape index (κ2) is 5.81. The molecule has 0 spiro atoms. The van der Waals surface area contributed by atoms with Crippen LogP contribution in [0.25, 0.3) is 0 Å². The molecule has 0 bridgehead atoms. The van der Waals surface area contributed by atoms with Crippen LogP contribution in [0.5, 0.6) is 0 Å². The first-order chi connectivity index (χ1) is 8.97. The van der Waals surface area contributed by atoms with E-state index in [4.69, 9.17) is 11.6 Å². The summed E-state index contributed by atoms with van der Waals surface area (Å²) in [7, 11) is 3.88. The van der Waals surface area contributed by atoms with Gasteiger partial charge < -0.3 is 14.9 Å². The first kappa shape index (κ1) is 14.2. The third-order valence-corrected chi connectivity index (χ3v) is 3.28. The van der Waals surface area contributed by atoms with Crippen LogP contribution in [-0.2, 0) is 0 Å². The van der Waals surface area contributed by atoms with E-state index in [0.29, 0.717) is 19.5 Å². The quantitative estimate of drug-likeness (QED) is 0.863. The maximum absolute atomic E-state index is 12.3. The molecular formula is C12H17ClN4O2. The Morgan fingerprint density at radius 1 is 1.53 bits per heavy atom. The molecule has 2 atom stereocenters. The molecule has 0 aromatic carbocycles. The molecule has 1 amide bonds. The van der Waals surface area contributed by atoms with Crippen molar-refractivity contribution in [2.24, 2.45) is 0 Å². The molecule has 6 nitrogen and oxygen atoms in total. The third kappa shape index (κ3) is 3.40. The van der Waals surface area contributed by atoms with Gasteiger partial charge in [-0.3, -0.25) is 4.79 Å². The van der Waals surface area contributed by atoms with E-state index in [0.717, 1.165) is 0 Å². The second-order valence-electron chi connectivity index (χ2n) is 5.00. The summed E-state index contributed by atoms with van der Waals surface area (Å²) in [6.45, 7) is 1.05. The summed E-state index contributed by atoms with van der Waals surface area (Å²) in [6.07, 6.45) is 0.111. The number of hydrogen-bond acceptors (Lipinski definition) is 5. The molecule has 1 aromatic heterocycles. The molecule has 7 heteroatoms. The summed E-state index contributed by atoms with van der Waals surface area (Å²) in [6, 6.07) is 3.08. The zero-order valence-electron chi connectivity index (χ0n) is 11.0. The summed E-state index contributed by atoms with van der Waals surface area (Å²) in [5, 5.41) is 17.5. The number of aromatic nitrogens is 2. The molecule has 2 rings (SSSR count). The van der Waals surface area contributed by atoms with Crippen molar-refractivity contribution in [1.82, 2.24) is 20.0 Å². The molecular weight excluding hydrogens is 268 g/mol. The fraction of sp³-hybridized carbons (Fsp3) is 0.583. The Morgan fingerprint density at radius 2 is 2.26 bits per heavy atom. The number of nitrogens with zero attached hydrogens (tertiary/aromatic N) is 4. The Bertz CT molecular complexity index is 452. The molecule has 1 saturated heterocycles. The van der Waals surface area contributed by atoms with Gasteiger partial charge in [0.2, 0.25) is 0 Å². The maximum atomic E-state index is 12.3. The van der Waals surface area contributed by atoms with Crippen LogP contribution in [0.1, 0.15) is 16.9 Å². The molecule has 1 fully saturated rings. The zero-order chi connectivity index (χ0) is 14.0. The van der Waals surface area contributed by atoms with E-state index >= 15 is 0 Å². The smallest absolute Gasteiger partial charge is 0.274 e. The number of aliphatic hydroxyl groups excluding tert-OH is 1. The van der Waals surface area contributed by atoms with E-state index < -0.39 is 6.10 Å². The zero-order valence-corrected chi connectivity index (χ0v) is 11.7. The van der Waals surface area contributed by atoms with Crippen molar-refractivity contribution in [3.8, 4) is 0 Å². The van der Waals surface area contributed by atoms with Crippen LogP contribution in [0.4, 0.5) is 0 Å². The predicted octanol–water partition coefficient (Wildman–Crippen LogP) is 0.267. The summed E-state index contributed by atoms with van der Waals surface area (Å²) >= 11 is 5.65. The standard InChI is InChI=1S/C12H17ClN4O2/c1-16(2)6-8-5-9(18)7-17(8)12(19)10-3-4-11(13)15-14-10/h3-4,8-9,18H,5-7H2,1-2H3. The van der Waals surface area contributed by atoms with Gasteiger partial charge in [-0.25, -0.2) is 0 Å². The number of carbonyl (C=O) groups is 1.